The van der Waals surface area contributed by atoms with Gasteiger partial charge in [-0.25, -0.2) is 0 Å². The van der Waals surface area contributed by atoms with E-state index in [2.05, 4.69) is 10.6 Å². The van der Waals surface area contributed by atoms with E-state index in [1.807, 2.05) is 42.5 Å². The molecule has 0 spiro atoms. The smallest absolute Gasteiger partial charge is 0.258 e. The maximum atomic E-state index is 13.1. The molecule has 0 saturated carbocycles. The van der Waals surface area contributed by atoms with Gasteiger partial charge in [-0.15, -0.1) is 0 Å². The van der Waals surface area contributed by atoms with Crippen molar-refractivity contribution in [1.82, 2.24) is 0 Å². The number of nitrogens with one attached hydrogen (secondary N) is 2. The van der Waals surface area contributed by atoms with Crippen LogP contribution in [0.25, 0.3) is 21.7 Å². The van der Waals surface area contributed by atoms with Crippen LogP contribution in [0.2, 0.25) is 0 Å². The van der Waals surface area contributed by atoms with E-state index in [1.165, 1.54) is 4.90 Å². The highest BCUT2D eigenvalue weighted by Gasteiger charge is 2.27. The molecule has 0 aliphatic carbocycles. The summed E-state index contributed by atoms with van der Waals surface area (Å²) in [5.74, 6) is -0.719. The molecule has 7 heteroatoms. The summed E-state index contributed by atoms with van der Waals surface area (Å²) < 4.78 is 5.69. The first-order valence-corrected chi connectivity index (χ1v) is 11.6. The van der Waals surface area contributed by atoms with Crippen molar-refractivity contribution < 1.29 is 18.8 Å². The predicted octanol–water partition coefficient (Wildman–Crippen LogP) is 5.37. The zero-order valence-electron chi connectivity index (χ0n) is 19.2. The number of carbonyl (C=O) groups is 3. The average molecular weight is 476 g/mol. The minimum absolute atomic E-state index is 0.0539. The predicted molar refractivity (Wildman–Crippen MR) is 139 cm³/mol. The Labute approximate surface area is 206 Å². The molecule has 0 saturated heterocycles. The zero-order valence-corrected chi connectivity index (χ0v) is 19.2. The van der Waals surface area contributed by atoms with Crippen molar-refractivity contribution in [1.29, 1.82) is 0 Å². The van der Waals surface area contributed by atoms with Gasteiger partial charge in [0, 0.05) is 22.2 Å². The summed E-state index contributed by atoms with van der Waals surface area (Å²) in [6.07, 6.45) is 1.78. The van der Waals surface area contributed by atoms with E-state index in [4.69, 9.17) is 4.42 Å². The van der Waals surface area contributed by atoms with Crippen molar-refractivity contribution in [2.45, 2.75) is 6.42 Å². The largest absolute Gasteiger partial charge is 0.464 e. The molecule has 2 N–H and O–H groups in total. The first kappa shape index (κ1) is 21.6. The van der Waals surface area contributed by atoms with Crippen LogP contribution < -0.4 is 15.5 Å². The van der Waals surface area contributed by atoms with Gasteiger partial charge in [-0.2, -0.15) is 0 Å². The van der Waals surface area contributed by atoms with Crippen LogP contribution in [0.5, 0.6) is 0 Å². The Hall–Kier alpha value is -4.91. The zero-order chi connectivity index (χ0) is 24.6. The Kier molecular flexibility index (Phi) is 5.22. The maximum absolute atomic E-state index is 13.1. The number of carbonyl (C=O) groups excluding carboxylic acids is 3. The molecule has 0 radical (unpaired) electrons. The summed E-state index contributed by atoms with van der Waals surface area (Å²) in [7, 11) is 0. The first-order chi connectivity index (χ1) is 17.6. The molecule has 0 bridgehead atoms. The number of para-hydroxylation sites is 2. The Morgan fingerprint density at radius 2 is 1.69 bits per heavy atom. The second-order valence-corrected chi connectivity index (χ2v) is 8.68. The molecule has 7 nitrogen and oxygen atoms in total. The number of anilines is 3. The lowest BCUT2D eigenvalue weighted by Gasteiger charge is -2.29. The van der Waals surface area contributed by atoms with Crippen LogP contribution in [0.3, 0.4) is 0 Å². The summed E-state index contributed by atoms with van der Waals surface area (Å²) in [4.78, 5) is 39.5. The second-order valence-electron chi connectivity index (χ2n) is 8.68. The quantitative estimate of drug-likeness (QED) is 0.366. The average Bonchev–Trinajstić information content (AvgIpc) is 3.31. The van der Waals surface area contributed by atoms with E-state index in [1.54, 1.807) is 48.7 Å². The highest BCUT2D eigenvalue weighted by Crippen LogP contribution is 2.31. The molecule has 1 aromatic heterocycles. The van der Waals surface area contributed by atoms with Crippen LogP contribution in [0.15, 0.2) is 95.6 Å². The van der Waals surface area contributed by atoms with Gasteiger partial charge in [0.25, 0.3) is 5.91 Å². The fraction of sp³-hybridized carbons (Fsp3) is 0.0690. The Morgan fingerprint density at radius 1 is 0.917 bits per heavy atom. The third kappa shape index (κ3) is 3.86. The lowest BCUT2D eigenvalue weighted by Crippen LogP contribution is -2.42. The highest BCUT2D eigenvalue weighted by molar-refractivity contribution is 6.15. The summed E-state index contributed by atoms with van der Waals surface area (Å²) >= 11 is 0. The minimum Gasteiger partial charge on any atom is -0.464 e. The van der Waals surface area contributed by atoms with Gasteiger partial charge in [-0.05, 0) is 53.2 Å². The van der Waals surface area contributed by atoms with Gasteiger partial charge in [-0.1, -0.05) is 42.5 Å². The third-order valence-corrected chi connectivity index (χ3v) is 6.32. The Morgan fingerprint density at radius 3 is 2.56 bits per heavy atom. The van der Waals surface area contributed by atoms with Crippen LogP contribution >= 0.6 is 0 Å². The van der Waals surface area contributed by atoms with Crippen molar-refractivity contribution in [2.75, 3.05) is 22.1 Å². The molecule has 4 aromatic carbocycles. The SMILES string of the molecule is O=C(Cc1coc2ccc3ccccc3c12)Nc1ccc(C(=O)N2CC(=O)Nc3ccccc32)cc1. The van der Waals surface area contributed by atoms with Gasteiger partial charge < -0.3 is 15.1 Å². The molecule has 1 aliphatic rings. The van der Waals surface area contributed by atoms with E-state index >= 15 is 0 Å². The molecular weight excluding hydrogens is 454 g/mol. The van der Waals surface area contributed by atoms with E-state index < -0.39 is 0 Å². The lowest BCUT2D eigenvalue weighted by atomic mass is 10.0. The molecule has 1 aliphatic heterocycles. The van der Waals surface area contributed by atoms with Gasteiger partial charge in [-0.3, -0.25) is 19.3 Å². The number of nitrogens with zero attached hydrogens (tertiary/aromatic N) is 1. The van der Waals surface area contributed by atoms with Gasteiger partial charge in [0.1, 0.15) is 12.1 Å². The monoisotopic (exact) mass is 475 g/mol. The molecule has 176 valence electrons. The minimum atomic E-state index is -0.285. The Balaban J connectivity index is 1.18. The lowest BCUT2D eigenvalue weighted by molar-refractivity contribution is -0.116. The topological polar surface area (TPSA) is 91.7 Å². The van der Waals surface area contributed by atoms with Gasteiger partial charge >= 0.3 is 0 Å². The number of hydrogen-bond acceptors (Lipinski definition) is 4. The van der Waals surface area contributed by atoms with Crippen molar-refractivity contribution >= 4 is 56.5 Å². The fourth-order valence-corrected chi connectivity index (χ4v) is 4.65. The molecule has 36 heavy (non-hydrogen) atoms. The number of furan rings is 1. The maximum Gasteiger partial charge on any atom is 0.258 e. The van der Waals surface area contributed by atoms with Gasteiger partial charge in [0.15, 0.2) is 0 Å². The van der Waals surface area contributed by atoms with Crippen molar-refractivity contribution in [3.8, 4) is 0 Å². The van der Waals surface area contributed by atoms with Crippen molar-refractivity contribution in [3.05, 3.63) is 102 Å². The van der Waals surface area contributed by atoms with Crippen LogP contribution in [0.4, 0.5) is 17.1 Å². The van der Waals surface area contributed by atoms with Crippen LogP contribution in [-0.4, -0.2) is 24.3 Å². The molecular formula is C29H21N3O4. The number of fused-ring (bicyclic) bond motifs is 4. The standard InChI is InChI=1S/C29H21N3O4/c33-26(15-20-17-36-25-14-11-18-5-1-2-6-22(18)28(20)25)30-21-12-9-19(10-13-21)29(35)32-16-27(34)31-23-7-3-4-8-24(23)32/h1-14,17H,15-16H2,(H,30,33)(H,31,34). The van der Waals surface area contributed by atoms with Crippen LogP contribution in [0, 0.1) is 0 Å². The summed E-state index contributed by atoms with van der Waals surface area (Å²) in [5, 5.41) is 8.74. The molecule has 6 rings (SSSR count). The van der Waals surface area contributed by atoms with E-state index in [-0.39, 0.29) is 30.7 Å². The molecule has 2 heterocycles. The molecule has 3 amide bonds. The Bertz CT molecular complexity index is 1650. The van der Waals surface area contributed by atoms with Crippen LogP contribution in [0.1, 0.15) is 15.9 Å². The number of hydrogen-bond donors (Lipinski definition) is 2. The molecule has 0 unspecified atom stereocenters. The van der Waals surface area contributed by atoms with Crippen molar-refractivity contribution in [3.63, 3.8) is 0 Å². The third-order valence-electron chi connectivity index (χ3n) is 6.32. The van der Waals surface area contributed by atoms with E-state index in [9.17, 15) is 14.4 Å². The van der Waals surface area contributed by atoms with E-state index in [0.717, 1.165) is 27.3 Å². The molecule has 5 aromatic rings. The second kappa shape index (κ2) is 8.70. The van der Waals surface area contributed by atoms with Gasteiger partial charge in [0.05, 0.1) is 24.1 Å². The molecule has 0 fully saturated rings. The summed E-state index contributed by atoms with van der Waals surface area (Å²) in [6, 6.07) is 25.8. The van der Waals surface area contributed by atoms with Crippen LogP contribution in [-0.2, 0) is 16.0 Å². The van der Waals surface area contributed by atoms with Gasteiger partial charge in [0.2, 0.25) is 11.8 Å². The molecule has 0 atom stereocenters. The first-order valence-electron chi connectivity index (χ1n) is 11.6. The number of rotatable bonds is 4. The number of benzene rings is 4. The van der Waals surface area contributed by atoms with Crippen molar-refractivity contribution in [2.24, 2.45) is 0 Å². The summed E-state index contributed by atoms with van der Waals surface area (Å²) in [5.41, 5.74) is 3.81. The normalized spacial score (nSPS) is 12.9. The number of amides is 3. The van der Waals surface area contributed by atoms with E-state index in [0.29, 0.717) is 22.6 Å². The highest BCUT2D eigenvalue weighted by atomic mass is 16.3. The fourth-order valence-electron chi connectivity index (χ4n) is 4.65. The summed E-state index contributed by atoms with van der Waals surface area (Å²) in [6.45, 7) is -0.0539.